The minimum atomic E-state index is 0.494. The number of aromatic nitrogens is 3. The predicted molar refractivity (Wildman–Crippen MR) is 92.4 cm³/mol. The molecule has 0 saturated carbocycles. The Morgan fingerprint density at radius 3 is 2.74 bits per heavy atom. The van der Waals surface area contributed by atoms with Crippen LogP contribution in [0.1, 0.15) is 37.4 Å². The summed E-state index contributed by atoms with van der Waals surface area (Å²) >= 11 is 0. The molecule has 3 aromatic rings. The number of fused-ring (bicyclic) bond motifs is 1. The summed E-state index contributed by atoms with van der Waals surface area (Å²) in [7, 11) is 2.09. The molecule has 2 aromatic heterocycles. The predicted octanol–water partition coefficient (Wildman–Crippen LogP) is 4.07. The maximum atomic E-state index is 5.67. The van der Waals surface area contributed by atoms with Crippen LogP contribution in [0.15, 0.2) is 28.7 Å². The zero-order chi connectivity index (χ0) is 16.4. The first-order valence-electron chi connectivity index (χ1n) is 8.15. The molecule has 0 radical (unpaired) electrons. The fourth-order valence-electron chi connectivity index (χ4n) is 2.88. The largest absolute Gasteiger partial charge is 0.408 e. The highest BCUT2D eigenvalue weighted by Gasteiger charge is 2.12. The average Bonchev–Trinajstić information content (AvgIpc) is 3.09. The lowest BCUT2D eigenvalue weighted by molar-refractivity contribution is 0.469. The van der Waals surface area contributed by atoms with Crippen molar-refractivity contribution in [2.24, 2.45) is 13.0 Å². The van der Waals surface area contributed by atoms with Crippen LogP contribution in [-0.2, 0) is 20.0 Å². The Hall–Kier alpha value is -2.30. The van der Waals surface area contributed by atoms with E-state index in [2.05, 4.69) is 72.2 Å². The van der Waals surface area contributed by atoms with Gasteiger partial charge in [0.15, 0.2) is 0 Å². The molecule has 0 aliphatic carbocycles. The first-order chi connectivity index (χ1) is 11.1. The summed E-state index contributed by atoms with van der Waals surface area (Å²) in [6.07, 6.45) is 1.89. The average molecular weight is 312 g/mol. The molecule has 0 aliphatic heterocycles. The summed E-state index contributed by atoms with van der Waals surface area (Å²) in [4.78, 5) is 0. The van der Waals surface area contributed by atoms with Crippen LogP contribution in [0.4, 0.5) is 6.01 Å². The summed E-state index contributed by atoms with van der Waals surface area (Å²) in [6, 6.07) is 8.94. The maximum absolute atomic E-state index is 5.67. The number of anilines is 1. The van der Waals surface area contributed by atoms with E-state index < -0.39 is 0 Å². The number of rotatable bonds is 6. The van der Waals surface area contributed by atoms with Gasteiger partial charge in [0, 0.05) is 30.1 Å². The van der Waals surface area contributed by atoms with E-state index in [4.69, 9.17) is 4.42 Å². The Bertz CT molecular complexity index is 762. The van der Waals surface area contributed by atoms with Gasteiger partial charge in [0.1, 0.15) is 0 Å². The van der Waals surface area contributed by atoms with E-state index >= 15 is 0 Å². The van der Waals surface area contributed by atoms with Crippen LogP contribution in [0.2, 0.25) is 0 Å². The van der Waals surface area contributed by atoms with Gasteiger partial charge in [-0.3, -0.25) is 0 Å². The molecule has 0 aliphatic rings. The van der Waals surface area contributed by atoms with Crippen molar-refractivity contribution in [3.05, 3.63) is 41.4 Å². The van der Waals surface area contributed by atoms with Gasteiger partial charge in [-0.25, -0.2) is 0 Å². The van der Waals surface area contributed by atoms with Gasteiger partial charge < -0.3 is 14.3 Å². The molecule has 0 amide bonds. The van der Waals surface area contributed by atoms with Gasteiger partial charge >= 0.3 is 6.01 Å². The van der Waals surface area contributed by atoms with Crippen LogP contribution in [0.5, 0.6) is 0 Å². The van der Waals surface area contributed by atoms with Gasteiger partial charge in [-0.1, -0.05) is 37.1 Å². The molecule has 1 N–H and O–H groups in total. The number of nitrogens with zero attached hydrogens (tertiary/aromatic N) is 3. The van der Waals surface area contributed by atoms with E-state index in [-0.39, 0.29) is 0 Å². The monoisotopic (exact) mass is 312 g/mol. The van der Waals surface area contributed by atoms with Crippen LogP contribution in [-0.4, -0.2) is 14.8 Å². The minimum Gasteiger partial charge on any atom is -0.408 e. The van der Waals surface area contributed by atoms with Crippen LogP contribution in [0.3, 0.4) is 0 Å². The molecule has 0 spiro atoms. The number of para-hydroxylation sites is 1. The number of hydrogen-bond donors (Lipinski definition) is 1. The number of benzene rings is 1. The minimum absolute atomic E-state index is 0.494. The van der Waals surface area contributed by atoms with Gasteiger partial charge in [-0.15, -0.1) is 5.10 Å². The molecule has 0 atom stereocenters. The van der Waals surface area contributed by atoms with E-state index in [0.29, 0.717) is 24.4 Å². The Labute approximate surface area is 136 Å². The van der Waals surface area contributed by atoms with Gasteiger partial charge in [0.05, 0.1) is 6.54 Å². The van der Waals surface area contributed by atoms with Gasteiger partial charge in [-0.05, 0) is 30.9 Å². The molecular weight excluding hydrogens is 288 g/mol. The Morgan fingerprint density at radius 1 is 1.22 bits per heavy atom. The lowest BCUT2D eigenvalue weighted by atomic mass is 10.1. The zero-order valence-corrected chi connectivity index (χ0v) is 14.3. The van der Waals surface area contributed by atoms with Crippen molar-refractivity contribution in [2.45, 2.75) is 40.2 Å². The van der Waals surface area contributed by atoms with Gasteiger partial charge in [0.25, 0.3) is 0 Å². The fourth-order valence-corrected chi connectivity index (χ4v) is 2.88. The Morgan fingerprint density at radius 2 is 2.00 bits per heavy atom. The third-order valence-corrected chi connectivity index (χ3v) is 4.32. The number of hydrogen-bond acceptors (Lipinski definition) is 4. The van der Waals surface area contributed by atoms with E-state index in [1.54, 1.807) is 0 Å². The van der Waals surface area contributed by atoms with E-state index in [9.17, 15) is 0 Å². The van der Waals surface area contributed by atoms with Crippen molar-refractivity contribution in [3.63, 3.8) is 0 Å². The number of aryl methyl sites for hydroxylation is 3. The summed E-state index contributed by atoms with van der Waals surface area (Å²) in [5, 5.41) is 12.7. The van der Waals surface area contributed by atoms with Crippen LogP contribution in [0, 0.1) is 12.8 Å². The molecule has 1 aromatic carbocycles. The molecule has 0 saturated heterocycles. The second-order valence-electron chi connectivity index (χ2n) is 6.43. The second kappa shape index (κ2) is 6.44. The lowest BCUT2D eigenvalue weighted by Gasteiger charge is -2.06. The van der Waals surface area contributed by atoms with Crippen molar-refractivity contribution in [1.29, 1.82) is 0 Å². The first-order valence-corrected chi connectivity index (χ1v) is 8.15. The van der Waals surface area contributed by atoms with Gasteiger partial charge in [0.2, 0.25) is 5.89 Å². The third kappa shape index (κ3) is 3.23. The molecule has 0 fully saturated rings. The van der Waals surface area contributed by atoms with E-state index in [1.165, 1.54) is 22.2 Å². The highest BCUT2D eigenvalue weighted by molar-refractivity contribution is 5.85. The standard InChI is InChI=1S/C18H24N4O/c1-12(2)9-10-17-20-21-18(23-17)19-11-16-13(3)14-7-5-6-8-15(14)22(16)4/h5-8,12H,9-11H2,1-4H3,(H,19,21). The highest BCUT2D eigenvalue weighted by Crippen LogP contribution is 2.25. The molecule has 5 nitrogen and oxygen atoms in total. The lowest BCUT2D eigenvalue weighted by Crippen LogP contribution is -2.06. The van der Waals surface area contributed by atoms with Crippen LogP contribution >= 0.6 is 0 Å². The fraction of sp³-hybridized carbons (Fsp3) is 0.444. The topological polar surface area (TPSA) is 55.9 Å². The Balaban J connectivity index is 1.71. The van der Waals surface area contributed by atoms with Crippen LogP contribution < -0.4 is 5.32 Å². The molecule has 3 rings (SSSR count). The van der Waals surface area contributed by atoms with Crippen molar-refractivity contribution < 1.29 is 4.42 Å². The summed E-state index contributed by atoms with van der Waals surface area (Å²) in [6.45, 7) is 7.21. The Kier molecular flexibility index (Phi) is 4.37. The molecule has 122 valence electrons. The molecule has 0 unspecified atom stereocenters. The smallest absolute Gasteiger partial charge is 0.315 e. The summed E-state index contributed by atoms with van der Waals surface area (Å²) < 4.78 is 7.88. The molecule has 5 heteroatoms. The van der Waals surface area contributed by atoms with Crippen molar-refractivity contribution in [2.75, 3.05) is 5.32 Å². The summed E-state index contributed by atoms with van der Waals surface area (Å²) in [5.74, 6) is 1.34. The SMILES string of the molecule is Cc1c(CNc2nnc(CCC(C)C)o2)n(C)c2ccccc12. The summed E-state index contributed by atoms with van der Waals surface area (Å²) in [5.41, 5.74) is 3.76. The van der Waals surface area contributed by atoms with E-state index in [0.717, 1.165) is 12.8 Å². The molecule has 0 bridgehead atoms. The van der Waals surface area contributed by atoms with Crippen molar-refractivity contribution in [3.8, 4) is 0 Å². The van der Waals surface area contributed by atoms with E-state index in [1.807, 2.05) is 0 Å². The van der Waals surface area contributed by atoms with Gasteiger partial charge in [-0.2, -0.15) is 0 Å². The zero-order valence-electron chi connectivity index (χ0n) is 14.3. The van der Waals surface area contributed by atoms with Crippen LogP contribution in [0.25, 0.3) is 10.9 Å². The normalized spacial score (nSPS) is 11.5. The number of nitrogens with one attached hydrogen (secondary N) is 1. The molecule has 2 heterocycles. The maximum Gasteiger partial charge on any atom is 0.315 e. The second-order valence-corrected chi connectivity index (χ2v) is 6.43. The quantitative estimate of drug-likeness (QED) is 0.745. The highest BCUT2D eigenvalue weighted by atomic mass is 16.4. The first kappa shape index (κ1) is 15.6. The molecular formula is C18H24N4O. The third-order valence-electron chi connectivity index (χ3n) is 4.32. The van der Waals surface area contributed by atoms with Crippen molar-refractivity contribution >= 4 is 16.9 Å². The van der Waals surface area contributed by atoms with Crippen molar-refractivity contribution in [1.82, 2.24) is 14.8 Å². The molecule has 23 heavy (non-hydrogen) atoms.